The molecule has 0 N–H and O–H groups in total. The lowest BCUT2D eigenvalue weighted by Gasteiger charge is -2.13. The zero-order chi connectivity index (χ0) is 17.9. The molecule has 2 nitrogen and oxygen atoms in total. The first-order valence-electron chi connectivity index (χ1n) is 8.65. The summed E-state index contributed by atoms with van der Waals surface area (Å²) in [5.74, 6) is 0. The molecule has 4 rings (SSSR count). The maximum Gasteiger partial charge on any atom is 0.258 e. The van der Waals surface area contributed by atoms with E-state index in [-0.39, 0.29) is 5.56 Å². The number of pyridine rings is 1. The predicted molar refractivity (Wildman–Crippen MR) is 109 cm³/mol. The molecule has 0 fully saturated rings. The minimum atomic E-state index is 0.0213. The van der Waals surface area contributed by atoms with Crippen molar-refractivity contribution >= 4 is 22.4 Å². The van der Waals surface area contributed by atoms with Crippen LogP contribution in [0.3, 0.4) is 0 Å². The maximum absolute atomic E-state index is 12.9. The summed E-state index contributed by atoms with van der Waals surface area (Å²) in [6.07, 6.45) is 3.97. The summed E-state index contributed by atoms with van der Waals surface area (Å²) in [5.41, 5.74) is 4.23. The lowest BCUT2D eigenvalue weighted by molar-refractivity contribution is 0.873. The van der Waals surface area contributed by atoms with Crippen LogP contribution in [0.2, 0.25) is 0 Å². The molecular formula is C24H19NO. The summed E-state index contributed by atoms with van der Waals surface area (Å²) >= 11 is 0. The van der Waals surface area contributed by atoms with Crippen molar-refractivity contribution in [2.75, 3.05) is 0 Å². The molecule has 0 aliphatic carbocycles. The Morgan fingerprint density at radius 3 is 2.23 bits per heavy atom. The molecule has 4 aromatic rings. The highest BCUT2D eigenvalue weighted by Crippen LogP contribution is 2.30. The molecule has 0 amide bonds. The number of nitrogens with zero attached hydrogens (tertiary/aromatic N) is 1. The van der Waals surface area contributed by atoms with Crippen LogP contribution >= 0.6 is 0 Å². The van der Waals surface area contributed by atoms with Crippen molar-refractivity contribution in [1.29, 1.82) is 0 Å². The third kappa shape index (κ3) is 2.98. The second-order valence-corrected chi connectivity index (χ2v) is 6.34. The van der Waals surface area contributed by atoms with E-state index in [4.69, 9.17) is 0 Å². The largest absolute Gasteiger partial charge is 0.318 e. The fourth-order valence-corrected chi connectivity index (χ4v) is 3.26. The van der Waals surface area contributed by atoms with Gasteiger partial charge < -0.3 is 4.57 Å². The van der Waals surface area contributed by atoms with Crippen LogP contribution in [0, 0.1) is 0 Å². The first-order chi connectivity index (χ1) is 12.7. The van der Waals surface area contributed by atoms with Crippen LogP contribution in [-0.2, 0) is 7.05 Å². The number of aromatic nitrogens is 1. The quantitative estimate of drug-likeness (QED) is 0.475. The van der Waals surface area contributed by atoms with Crippen molar-refractivity contribution in [1.82, 2.24) is 4.57 Å². The average molecular weight is 337 g/mol. The second kappa shape index (κ2) is 6.85. The highest BCUT2D eigenvalue weighted by atomic mass is 16.1. The monoisotopic (exact) mass is 337 g/mol. The third-order valence-electron chi connectivity index (χ3n) is 4.59. The summed E-state index contributed by atoms with van der Waals surface area (Å²) in [7, 11) is 1.79. The van der Waals surface area contributed by atoms with Gasteiger partial charge in [-0.25, -0.2) is 0 Å². The smallest absolute Gasteiger partial charge is 0.258 e. The third-order valence-corrected chi connectivity index (χ3v) is 4.59. The zero-order valence-electron chi connectivity index (χ0n) is 14.6. The highest BCUT2D eigenvalue weighted by Gasteiger charge is 2.12. The molecule has 0 bridgehead atoms. The summed E-state index contributed by atoms with van der Waals surface area (Å²) in [4.78, 5) is 12.9. The number of aryl methyl sites for hydroxylation is 1. The molecule has 2 heteroatoms. The molecule has 26 heavy (non-hydrogen) atoms. The van der Waals surface area contributed by atoms with Crippen molar-refractivity contribution < 1.29 is 0 Å². The van der Waals surface area contributed by atoms with E-state index in [0.717, 1.165) is 33.0 Å². The molecule has 126 valence electrons. The van der Waals surface area contributed by atoms with Gasteiger partial charge >= 0.3 is 0 Å². The van der Waals surface area contributed by atoms with E-state index >= 15 is 0 Å². The van der Waals surface area contributed by atoms with Crippen LogP contribution in [0.4, 0.5) is 0 Å². The summed E-state index contributed by atoms with van der Waals surface area (Å²) < 4.78 is 1.64. The van der Waals surface area contributed by atoms with Crippen LogP contribution in [0.25, 0.3) is 22.4 Å². The van der Waals surface area contributed by atoms with Gasteiger partial charge in [0.05, 0.1) is 5.39 Å². The van der Waals surface area contributed by atoms with Gasteiger partial charge in [0, 0.05) is 13.2 Å². The Balaban J connectivity index is 2.05. The van der Waals surface area contributed by atoms with Gasteiger partial charge in [0.15, 0.2) is 0 Å². The minimum Gasteiger partial charge on any atom is -0.318 e. The van der Waals surface area contributed by atoms with Crippen molar-refractivity contribution in [2.45, 2.75) is 0 Å². The molecule has 1 heterocycles. The minimum absolute atomic E-state index is 0.0213. The van der Waals surface area contributed by atoms with Crippen LogP contribution in [-0.4, -0.2) is 4.57 Å². The molecule has 0 aliphatic rings. The predicted octanol–water partition coefficient (Wildman–Crippen LogP) is 5.13. The van der Waals surface area contributed by atoms with Gasteiger partial charge in [0.1, 0.15) is 0 Å². The van der Waals surface area contributed by atoms with Crippen LogP contribution in [0.1, 0.15) is 16.7 Å². The van der Waals surface area contributed by atoms with E-state index in [0.29, 0.717) is 0 Å². The number of fused-ring (bicyclic) bond motifs is 1. The fourth-order valence-electron chi connectivity index (χ4n) is 3.26. The molecule has 0 saturated heterocycles. The topological polar surface area (TPSA) is 22.0 Å². The lowest BCUT2D eigenvalue weighted by atomic mass is 9.92. The number of benzene rings is 3. The van der Waals surface area contributed by atoms with Gasteiger partial charge in [-0.1, -0.05) is 78.9 Å². The first-order valence-corrected chi connectivity index (χ1v) is 8.65. The number of hydrogen-bond acceptors (Lipinski definition) is 1. The van der Waals surface area contributed by atoms with E-state index in [2.05, 4.69) is 30.3 Å². The molecule has 0 unspecified atom stereocenters. The van der Waals surface area contributed by atoms with E-state index in [9.17, 15) is 4.79 Å². The van der Waals surface area contributed by atoms with Gasteiger partial charge in [0.25, 0.3) is 5.56 Å². The summed E-state index contributed by atoms with van der Waals surface area (Å²) in [6.45, 7) is 0. The van der Waals surface area contributed by atoms with Crippen molar-refractivity contribution in [2.24, 2.45) is 7.05 Å². The maximum atomic E-state index is 12.9. The Kier molecular flexibility index (Phi) is 4.24. The molecule has 0 atom stereocenters. The fraction of sp³-hybridized carbons (Fsp3) is 0.0417. The van der Waals surface area contributed by atoms with Gasteiger partial charge in [-0.15, -0.1) is 0 Å². The van der Waals surface area contributed by atoms with E-state index in [1.165, 1.54) is 0 Å². The Morgan fingerprint density at radius 2 is 1.50 bits per heavy atom. The Bertz CT molecular complexity index is 1140. The van der Waals surface area contributed by atoms with Crippen molar-refractivity contribution in [3.05, 3.63) is 118 Å². The van der Waals surface area contributed by atoms with E-state index in [1.54, 1.807) is 11.6 Å². The zero-order valence-corrected chi connectivity index (χ0v) is 14.6. The van der Waals surface area contributed by atoms with Crippen LogP contribution in [0.5, 0.6) is 0 Å². The molecule has 0 spiro atoms. The first kappa shape index (κ1) is 16.1. The Labute approximate surface area is 152 Å². The molecule has 1 aromatic heterocycles. The van der Waals surface area contributed by atoms with Gasteiger partial charge in [0.2, 0.25) is 0 Å². The van der Waals surface area contributed by atoms with Gasteiger partial charge in [-0.05, 0) is 39.8 Å². The summed E-state index contributed by atoms with van der Waals surface area (Å²) in [6, 6.07) is 28.5. The Morgan fingerprint density at radius 1 is 0.808 bits per heavy atom. The number of rotatable bonds is 3. The highest BCUT2D eigenvalue weighted by molar-refractivity contribution is 6.02. The molecule has 0 radical (unpaired) electrons. The van der Waals surface area contributed by atoms with Crippen molar-refractivity contribution in [3.63, 3.8) is 0 Å². The van der Waals surface area contributed by atoms with Crippen LogP contribution in [0.15, 0.2) is 95.9 Å². The van der Waals surface area contributed by atoms with E-state index < -0.39 is 0 Å². The van der Waals surface area contributed by atoms with E-state index in [1.807, 2.05) is 66.9 Å². The number of hydrogen-bond donors (Lipinski definition) is 0. The molecule has 0 saturated carbocycles. The van der Waals surface area contributed by atoms with Crippen LogP contribution < -0.4 is 5.56 Å². The van der Waals surface area contributed by atoms with Gasteiger partial charge in [-0.3, -0.25) is 4.79 Å². The Hall–Kier alpha value is -3.39. The summed E-state index contributed by atoms with van der Waals surface area (Å²) in [5, 5.41) is 1.71. The molecule has 0 aliphatic heterocycles. The SMILES string of the molecule is Cn1ccc2cccc(/C(=C/c3ccccc3)c3ccccc3)c2c1=O. The normalized spacial score (nSPS) is 11.7. The lowest BCUT2D eigenvalue weighted by Crippen LogP contribution is -2.16. The van der Waals surface area contributed by atoms with Gasteiger partial charge in [-0.2, -0.15) is 0 Å². The second-order valence-electron chi connectivity index (χ2n) is 6.34. The van der Waals surface area contributed by atoms with Crippen molar-refractivity contribution in [3.8, 4) is 0 Å². The molecular weight excluding hydrogens is 318 g/mol. The standard InChI is InChI=1S/C24H19NO/c1-25-16-15-20-13-8-14-21(23(20)24(25)26)22(19-11-6-3-7-12-19)17-18-9-4-2-5-10-18/h2-17H,1H3/b22-17+. The molecule has 3 aromatic carbocycles. The average Bonchev–Trinajstić information content (AvgIpc) is 2.70.